The first kappa shape index (κ1) is 22.9. The number of aromatic nitrogens is 2. The Morgan fingerprint density at radius 2 is 1.73 bits per heavy atom. The van der Waals surface area contributed by atoms with Crippen LogP contribution in [-0.4, -0.2) is 16.1 Å². The molecule has 2 N–H and O–H groups in total. The molecule has 0 bridgehead atoms. The minimum absolute atomic E-state index is 0.109. The molecular weight excluding hydrogens is 457 g/mol. The smallest absolute Gasteiger partial charge is 0.408 e. The largest absolute Gasteiger partial charge is 0.445 e. The number of hydrogen-bond acceptors (Lipinski definition) is 3. The fourth-order valence-corrected chi connectivity index (χ4v) is 3.92. The van der Waals surface area contributed by atoms with Gasteiger partial charge in [-0.15, -0.1) is 0 Å². The molecule has 0 aliphatic carbocycles. The molecule has 0 unspecified atom stereocenters. The maximum atomic E-state index is 12.6. The van der Waals surface area contributed by atoms with Crippen molar-refractivity contribution in [3.05, 3.63) is 112 Å². The summed E-state index contributed by atoms with van der Waals surface area (Å²) >= 11 is 12.5. The van der Waals surface area contributed by atoms with E-state index >= 15 is 0 Å². The standard InChI is InChI=1S/C26H23Cl2N3O2/c1-17-10-12-20(13-11-17)23-24(28)31-25(30-23)22(15-18-6-3-2-4-7-18)29-26(32)33-16-19-8-5-9-21(27)14-19/h2-14,22H,15-16H2,1H3,(H,29,32)(H,30,31)/t22-/m0/s1. The van der Waals surface area contributed by atoms with Gasteiger partial charge in [-0.25, -0.2) is 9.78 Å². The molecule has 1 amide bonds. The molecule has 1 heterocycles. The summed E-state index contributed by atoms with van der Waals surface area (Å²) in [6, 6.07) is 24.5. The molecule has 1 aromatic heterocycles. The van der Waals surface area contributed by atoms with E-state index in [0.717, 1.165) is 22.3 Å². The van der Waals surface area contributed by atoms with Gasteiger partial charge in [-0.1, -0.05) is 95.5 Å². The van der Waals surface area contributed by atoms with E-state index in [4.69, 9.17) is 32.9 Å². The molecule has 0 saturated carbocycles. The normalized spacial score (nSPS) is 11.7. The Bertz CT molecular complexity index is 1220. The van der Waals surface area contributed by atoms with Gasteiger partial charge in [0.25, 0.3) is 0 Å². The number of imidazole rings is 1. The number of ether oxygens (including phenoxy) is 1. The molecule has 0 radical (unpaired) electrons. The minimum atomic E-state index is -0.555. The summed E-state index contributed by atoms with van der Waals surface area (Å²) in [7, 11) is 0. The van der Waals surface area contributed by atoms with Crippen LogP contribution in [0.2, 0.25) is 10.2 Å². The number of halogens is 2. The lowest BCUT2D eigenvalue weighted by Crippen LogP contribution is -2.31. The number of nitrogens with one attached hydrogen (secondary N) is 2. The monoisotopic (exact) mass is 479 g/mol. The van der Waals surface area contributed by atoms with Gasteiger partial charge in [0, 0.05) is 17.0 Å². The molecule has 0 saturated heterocycles. The lowest BCUT2D eigenvalue weighted by atomic mass is 10.1. The second-order valence-electron chi connectivity index (χ2n) is 7.74. The summed E-state index contributed by atoms with van der Waals surface area (Å²) in [6.45, 7) is 2.13. The molecule has 7 heteroatoms. The number of nitrogens with zero attached hydrogens (tertiary/aromatic N) is 1. The number of hydrogen-bond donors (Lipinski definition) is 2. The van der Waals surface area contributed by atoms with Crippen molar-refractivity contribution in [2.45, 2.75) is 26.0 Å². The van der Waals surface area contributed by atoms with Crippen LogP contribution in [0.5, 0.6) is 0 Å². The van der Waals surface area contributed by atoms with Gasteiger partial charge < -0.3 is 15.0 Å². The fourth-order valence-electron chi connectivity index (χ4n) is 3.46. The van der Waals surface area contributed by atoms with E-state index < -0.39 is 12.1 Å². The van der Waals surface area contributed by atoms with Gasteiger partial charge in [0.15, 0.2) is 0 Å². The Morgan fingerprint density at radius 1 is 1.00 bits per heavy atom. The quantitative estimate of drug-likeness (QED) is 0.302. The van der Waals surface area contributed by atoms with Crippen LogP contribution in [0.4, 0.5) is 4.79 Å². The molecule has 1 atom stereocenters. The Morgan fingerprint density at radius 3 is 2.45 bits per heavy atom. The molecule has 168 valence electrons. The van der Waals surface area contributed by atoms with Crippen LogP contribution in [0.15, 0.2) is 78.9 Å². The van der Waals surface area contributed by atoms with Crippen LogP contribution in [0.25, 0.3) is 11.3 Å². The minimum Gasteiger partial charge on any atom is -0.445 e. The lowest BCUT2D eigenvalue weighted by molar-refractivity contribution is 0.135. The molecule has 4 rings (SSSR count). The number of carbonyl (C=O) groups excluding carboxylic acids is 1. The highest BCUT2D eigenvalue weighted by molar-refractivity contribution is 6.32. The predicted molar refractivity (Wildman–Crippen MR) is 131 cm³/mol. The highest BCUT2D eigenvalue weighted by Gasteiger charge is 2.22. The van der Waals surface area contributed by atoms with Crippen molar-refractivity contribution in [2.24, 2.45) is 0 Å². The maximum absolute atomic E-state index is 12.6. The van der Waals surface area contributed by atoms with Gasteiger partial charge in [0.05, 0.1) is 6.04 Å². The van der Waals surface area contributed by atoms with Crippen molar-refractivity contribution in [3.63, 3.8) is 0 Å². The van der Waals surface area contributed by atoms with E-state index in [-0.39, 0.29) is 6.61 Å². The Kier molecular flexibility index (Phi) is 7.33. The van der Waals surface area contributed by atoms with E-state index in [1.807, 2.05) is 73.7 Å². The predicted octanol–water partition coefficient (Wildman–Crippen LogP) is 6.90. The number of rotatable bonds is 7. The zero-order chi connectivity index (χ0) is 23.2. The molecule has 0 aliphatic heterocycles. The molecular formula is C26H23Cl2N3O2. The summed E-state index contributed by atoms with van der Waals surface area (Å²) < 4.78 is 5.42. The number of aryl methyl sites for hydroxylation is 1. The average Bonchev–Trinajstić information content (AvgIpc) is 3.20. The van der Waals surface area contributed by atoms with Gasteiger partial charge in [-0.05, 0) is 30.2 Å². The summed E-state index contributed by atoms with van der Waals surface area (Å²) in [5.74, 6) is 0.555. The van der Waals surface area contributed by atoms with E-state index in [1.54, 1.807) is 12.1 Å². The number of H-pyrrole nitrogens is 1. The van der Waals surface area contributed by atoms with Crippen molar-refractivity contribution in [2.75, 3.05) is 0 Å². The van der Waals surface area contributed by atoms with Gasteiger partial charge in [0.2, 0.25) is 0 Å². The molecule has 0 aliphatic rings. The molecule has 4 aromatic rings. The fraction of sp³-hybridized carbons (Fsp3) is 0.154. The Labute approximate surface area is 202 Å². The SMILES string of the molecule is Cc1ccc(-c2nc([C@H](Cc3ccccc3)NC(=O)OCc3cccc(Cl)c3)[nH]c2Cl)cc1. The Balaban J connectivity index is 1.54. The van der Waals surface area contributed by atoms with Crippen LogP contribution >= 0.6 is 23.2 Å². The second kappa shape index (κ2) is 10.6. The zero-order valence-corrected chi connectivity index (χ0v) is 19.5. The van der Waals surface area contributed by atoms with Crippen molar-refractivity contribution >= 4 is 29.3 Å². The van der Waals surface area contributed by atoms with Gasteiger partial charge in [-0.3, -0.25) is 0 Å². The second-order valence-corrected chi connectivity index (χ2v) is 8.56. The number of aromatic amines is 1. The van der Waals surface area contributed by atoms with E-state index in [2.05, 4.69) is 10.3 Å². The van der Waals surface area contributed by atoms with Crippen molar-refractivity contribution in [1.82, 2.24) is 15.3 Å². The molecule has 0 spiro atoms. The van der Waals surface area contributed by atoms with E-state index in [9.17, 15) is 4.79 Å². The van der Waals surface area contributed by atoms with Gasteiger partial charge in [-0.2, -0.15) is 0 Å². The van der Waals surface area contributed by atoms with Crippen molar-refractivity contribution < 1.29 is 9.53 Å². The number of alkyl carbamates (subject to hydrolysis) is 1. The van der Waals surface area contributed by atoms with E-state index in [1.165, 1.54) is 0 Å². The third kappa shape index (κ3) is 6.15. The Hall–Kier alpha value is -3.28. The molecule has 5 nitrogen and oxygen atoms in total. The van der Waals surface area contributed by atoms with Crippen LogP contribution in [0.3, 0.4) is 0 Å². The highest BCUT2D eigenvalue weighted by atomic mass is 35.5. The number of benzene rings is 3. The van der Waals surface area contributed by atoms with Crippen LogP contribution in [0.1, 0.15) is 28.6 Å². The lowest BCUT2D eigenvalue weighted by Gasteiger charge is -2.17. The van der Waals surface area contributed by atoms with Gasteiger partial charge >= 0.3 is 6.09 Å². The summed E-state index contributed by atoms with van der Waals surface area (Å²) in [5.41, 5.74) is 4.53. The van der Waals surface area contributed by atoms with E-state index in [0.29, 0.717) is 28.1 Å². The molecule has 33 heavy (non-hydrogen) atoms. The van der Waals surface area contributed by atoms with Crippen LogP contribution in [-0.2, 0) is 17.8 Å². The summed E-state index contributed by atoms with van der Waals surface area (Å²) in [6.07, 6.45) is -0.0371. The first-order valence-corrected chi connectivity index (χ1v) is 11.3. The molecule has 0 fully saturated rings. The van der Waals surface area contributed by atoms with Crippen molar-refractivity contribution in [3.8, 4) is 11.3 Å². The number of carbonyl (C=O) groups is 1. The highest BCUT2D eigenvalue weighted by Crippen LogP contribution is 2.29. The molecule has 3 aromatic carbocycles. The summed E-state index contributed by atoms with van der Waals surface area (Å²) in [5, 5.41) is 3.93. The first-order valence-electron chi connectivity index (χ1n) is 10.5. The number of amides is 1. The van der Waals surface area contributed by atoms with Gasteiger partial charge in [0.1, 0.15) is 23.3 Å². The zero-order valence-electron chi connectivity index (χ0n) is 18.0. The maximum Gasteiger partial charge on any atom is 0.408 e. The average molecular weight is 480 g/mol. The van der Waals surface area contributed by atoms with Crippen LogP contribution < -0.4 is 5.32 Å². The summed E-state index contributed by atoms with van der Waals surface area (Å²) in [4.78, 5) is 20.5. The van der Waals surface area contributed by atoms with Crippen LogP contribution in [0, 0.1) is 6.92 Å². The first-order chi connectivity index (χ1) is 16.0. The van der Waals surface area contributed by atoms with Crippen molar-refractivity contribution in [1.29, 1.82) is 0 Å². The third-order valence-corrected chi connectivity index (χ3v) is 5.68. The third-order valence-electron chi connectivity index (χ3n) is 5.17. The topological polar surface area (TPSA) is 67.0 Å².